The highest BCUT2D eigenvalue weighted by atomic mass is 35.5. The van der Waals surface area contributed by atoms with Crippen molar-refractivity contribution in [2.75, 3.05) is 14.1 Å². The molecule has 0 fully saturated rings. The van der Waals surface area contributed by atoms with Gasteiger partial charge in [-0.25, -0.2) is 0 Å². The lowest BCUT2D eigenvalue weighted by Gasteiger charge is -2.06. The number of benzene rings is 1. The average Bonchev–Trinajstić information content (AvgIpc) is 2.04. The van der Waals surface area contributed by atoms with Crippen LogP contribution in [0, 0.1) is 0 Å². The van der Waals surface area contributed by atoms with Gasteiger partial charge < -0.3 is 10.7 Å². The monoisotopic (exact) mass is 197 g/mol. The van der Waals surface area contributed by atoms with Gasteiger partial charge in [0.25, 0.3) is 0 Å². The third kappa shape index (κ3) is 2.95. The third-order valence-corrected chi connectivity index (χ3v) is 1.70. The topological polar surface area (TPSA) is 41.6 Å². The molecule has 3 nitrogen and oxygen atoms in total. The number of nitrogens with zero attached hydrogens (tertiary/aromatic N) is 2. The number of rotatable bonds is 2. The molecule has 0 atom stereocenters. The van der Waals surface area contributed by atoms with E-state index in [2.05, 4.69) is 5.10 Å². The molecule has 2 N–H and O–H groups in total. The molecule has 1 aromatic rings. The van der Waals surface area contributed by atoms with Crippen LogP contribution in [0.15, 0.2) is 29.4 Å². The van der Waals surface area contributed by atoms with E-state index in [1.54, 1.807) is 17.1 Å². The lowest BCUT2D eigenvalue weighted by Crippen LogP contribution is -2.18. The fraction of sp³-hybridized carbons (Fsp3) is 0.222. The SMILES string of the molecule is CN(C)/N=C(\N)c1ccc(Cl)cc1. The number of hydrogen-bond acceptors (Lipinski definition) is 2. The van der Waals surface area contributed by atoms with Crippen molar-refractivity contribution >= 4 is 17.4 Å². The zero-order valence-electron chi connectivity index (χ0n) is 7.66. The first kappa shape index (κ1) is 9.86. The smallest absolute Gasteiger partial charge is 0.150 e. The van der Waals surface area contributed by atoms with E-state index < -0.39 is 0 Å². The lowest BCUT2D eigenvalue weighted by atomic mass is 10.2. The van der Waals surface area contributed by atoms with E-state index >= 15 is 0 Å². The van der Waals surface area contributed by atoms with Crippen LogP contribution in [-0.4, -0.2) is 24.9 Å². The van der Waals surface area contributed by atoms with Crippen LogP contribution in [0.5, 0.6) is 0 Å². The molecule has 0 aliphatic rings. The molecule has 0 saturated carbocycles. The number of hydrazone groups is 1. The molecule has 70 valence electrons. The first-order chi connectivity index (χ1) is 6.09. The van der Waals surface area contributed by atoms with Crippen LogP contribution in [0.3, 0.4) is 0 Å². The summed E-state index contributed by atoms with van der Waals surface area (Å²) in [6.07, 6.45) is 0. The van der Waals surface area contributed by atoms with Gasteiger partial charge in [0.15, 0.2) is 5.84 Å². The Labute approximate surface area is 82.8 Å². The first-order valence-corrected chi connectivity index (χ1v) is 4.25. The Hall–Kier alpha value is -1.22. The Kier molecular flexibility index (Phi) is 3.14. The lowest BCUT2D eigenvalue weighted by molar-refractivity contribution is 0.437. The molecule has 13 heavy (non-hydrogen) atoms. The molecule has 4 heteroatoms. The van der Waals surface area contributed by atoms with Gasteiger partial charge >= 0.3 is 0 Å². The summed E-state index contributed by atoms with van der Waals surface area (Å²) in [5, 5.41) is 6.41. The van der Waals surface area contributed by atoms with Crippen LogP contribution in [0.25, 0.3) is 0 Å². The third-order valence-electron chi connectivity index (χ3n) is 1.45. The van der Waals surface area contributed by atoms with Gasteiger partial charge in [-0.05, 0) is 24.3 Å². The Balaban J connectivity index is 2.89. The second-order valence-electron chi connectivity index (χ2n) is 2.84. The molecule has 1 aromatic carbocycles. The number of amidine groups is 1. The summed E-state index contributed by atoms with van der Waals surface area (Å²) in [5.74, 6) is 0.488. The summed E-state index contributed by atoms with van der Waals surface area (Å²) in [6.45, 7) is 0. The maximum Gasteiger partial charge on any atom is 0.150 e. The second kappa shape index (κ2) is 4.14. The quantitative estimate of drug-likeness (QED) is 0.444. The molecule has 0 unspecified atom stereocenters. The van der Waals surface area contributed by atoms with Crippen LogP contribution in [-0.2, 0) is 0 Å². The van der Waals surface area contributed by atoms with Crippen molar-refractivity contribution in [3.05, 3.63) is 34.9 Å². The number of nitrogens with two attached hydrogens (primary N) is 1. The average molecular weight is 198 g/mol. The minimum absolute atomic E-state index is 0.488. The molecule has 1 rings (SSSR count). The van der Waals surface area contributed by atoms with Crippen molar-refractivity contribution in [3.63, 3.8) is 0 Å². The minimum Gasteiger partial charge on any atom is -0.382 e. The van der Waals surface area contributed by atoms with Gasteiger partial charge in [0.2, 0.25) is 0 Å². The summed E-state index contributed by atoms with van der Waals surface area (Å²) in [6, 6.07) is 7.25. The van der Waals surface area contributed by atoms with E-state index in [0.717, 1.165) is 5.56 Å². The van der Waals surface area contributed by atoms with Gasteiger partial charge in [0.05, 0.1) is 0 Å². The molecule has 0 aromatic heterocycles. The van der Waals surface area contributed by atoms with E-state index in [1.807, 2.05) is 26.2 Å². The standard InChI is InChI=1S/C9H12ClN3/c1-13(2)12-9(11)7-3-5-8(10)6-4-7/h3-6H,1-2H3,(H2,11,12). The maximum absolute atomic E-state index is 5.73. The van der Waals surface area contributed by atoms with Crippen molar-refractivity contribution < 1.29 is 0 Å². The van der Waals surface area contributed by atoms with Crippen molar-refractivity contribution in [1.82, 2.24) is 5.01 Å². The highest BCUT2D eigenvalue weighted by Gasteiger charge is 1.97. The van der Waals surface area contributed by atoms with Gasteiger partial charge in [0, 0.05) is 24.7 Å². The van der Waals surface area contributed by atoms with E-state index in [9.17, 15) is 0 Å². The molecular weight excluding hydrogens is 186 g/mol. The van der Waals surface area contributed by atoms with Crippen molar-refractivity contribution in [1.29, 1.82) is 0 Å². The Morgan fingerprint density at radius 2 is 1.85 bits per heavy atom. The molecule has 0 bridgehead atoms. The summed E-state index contributed by atoms with van der Waals surface area (Å²) in [7, 11) is 3.64. The van der Waals surface area contributed by atoms with Crippen LogP contribution in [0.2, 0.25) is 5.02 Å². The van der Waals surface area contributed by atoms with Gasteiger partial charge in [-0.2, -0.15) is 5.10 Å². The first-order valence-electron chi connectivity index (χ1n) is 3.87. The summed E-state index contributed by atoms with van der Waals surface area (Å²) in [4.78, 5) is 0. The van der Waals surface area contributed by atoms with Crippen LogP contribution < -0.4 is 5.73 Å². The van der Waals surface area contributed by atoms with E-state index in [0.29, 0.717) is 10.9 Å². The summed E-state index contributed by atoms with van der Waals surface area (Å²) >= 11 is 5.73. The molecule has 0 heterocycles. The predicted molar refractivity (Wildman–Crippen MR) is 55.9 cm³/mol. The van der Waals surface area contributed by atoms with E-state index in [4.69, 9.17) is 17.3 Å². The molecule has 0 saturated heterocycles. The maximum atomic E-state index is 5.73. The van der Waals surface area contributed by atoms with E-state index in [1.165, 1.54) is 0 Å². The van der Waals surface area contributed by atoms with Gasteiger partial charge in [-0.3, -0.25) is 0 Å². The summed E-state index contributed by atoms with van der Waals surface area (Å²) in [5.41, 5.74) is 6.58. The highest BCUT2D eigenvalue weighted by Crippen LogP contribution is 2.09. The molecule has 0 aliphatic carbocycles. The predicted octanol–water partition coefficient (Wildman–Crippen LogP) is 1.52. The number of hydrogen-bond donors (Lipinski definition) is 1. The largest absolute Gasteiger partial charge is 0.382 e. The normalized spacial score (nSPS) is 11.5. The van der Waals surface area contributed by atoms with Crippen molar-refractivity contribution in [2.24, 2.45) is 10.8 Å². The Morgan fingerprint density at radius 1 is 1.31 bits per heavy atom. The van der Waals surface area contributed by atoms with Crippen molar-refractivity contribution in [2.45, 2.75) is 0 Å². The minimum atomic E-state index is 0.488. The molecular formula is C9H12ClN3. The highest BCUT2D eigenvalue weighted by molar-refractivity contribution is 6.30. The van der Waals surface area contributed by atoms with Gasteiger partial charge in [0.1, 0.15) is 0 Å². The van der Waals surface area contributed by atoms with Crippen LogP contribution >= 0.6 is 11.6 Å². The number of halogens is 1. The van der Waals surface area contributed by atoms with Gasteiger partial charge in [-0.1, -0.05) is 11.6 Å². The fourth-order valence-corrected chi connectivity index (χ4v) is 1.02. The van der Waals surface area contributed by atoms with Crippen LogP contribution in [0.1, 0.15) is 5.56 Å². The van der Waals surface area contributed by atoms with Crippen molar-refractivity contribution in [3.8, 4) is 0 Å². The summed E-state index contributed by atoms with van der Waals surface area (Å²) < 4.78 is 0. The Morgan fingerprint density at radius 3 is 2.31 bits per heavy atom. The molecule has 0 amide bonds. The second-order valence-corrected chi connectivity index (χ2v) is 3.28. The Bertz CT molecular complexity index is 303. The molecule has 0 radical (unpaired) electrons. The van der Waals surface area contributed by atoms with Crippen LogP contribution in [0.4, 0.5) is 0 Å². The fourth-order valence-electron chi connectivity index (χ4n) is 0.894. The molecule has 0 aliphatic heterocycles. The van der Waals surface area contributed by atoms with Gasteiger partial charge in [-0.15, -0.1) is 0 Å². The molecule has 0 spiro atoms. The zero-order valence-corrected chi connectivity index (χ0v) is 8.42. The van der Waals surface area contributed by atoms with E-state index in [-0.39, 0.29) is 0 Å². The zero-order chi connectivity index (χ0) is 9.84.